The number of rotatable bonds is 2. The van der Waals surface area contributed by atoms with E-state index in [9.17, 15) is 9.18 Å². The number of thioether (sulfide) groups is 1. The lowest BCUT2D eigenvalue weighted by Gasteiger charge is -2.26. The van der Waals surface area contributed by atoms with Crippen molar-refractivity contribution in [2.24, 2.45) is 0 Å². The number of hydrogen-bond donors (Lipinski definition) is 2. The van der Waals surface area contributed by atoms with Crippen molar-refractivity contribution in [3.63, 3.8) is 0 Å². The van der Waals surface area contributed by atoms with Crippen molar-refractivity contribution in [3.8, 4) is 0 Å². The molecule has 3 nitrogen and oxygen atoms in total. The third-order valence-corrected chi connectivity index (χ3v) is 4.79. The van der Waals surface area contributed by atoms with Crippen LogP contribution < -0.4 is 10.6 Å². The Morgan fingerprint density at radius 1 is 1.23 bits per heavy atom. The average Bonchev–Trinajstić information content (AvgIpc) is 2.50. The fourth-order valence-corrected chi connectivity index (χ4v) is 3.61. The van der Waals surface area contributed by atoms with Crippen molar-refractivity contribution in [2.45, 2.75) is 17.4 Å². The van der Waals surface area contributed by atoms with E-state index in [1.54, 1.807) is 42.1 Å². The summed E-state index contributed by atoms with van der Waals surface area (Å²) in [6, 6.07) is 11.1. The Hall–Kier alpha value is -1.72. The predicted octanol–water partition coefficient (Wildman–Crippen LogP) is 4.84. The Morgan fingerprint density at radius 2 is 2.00 bits per heavy atom. The Morgan fingerprint density at radius 3 is 2.77 bits per heavy atom. The van der Waals surface area contributed by atoms with Gasteiger partial charge in [-0.05, 0) is 54.4 Å². The van der Waals surface area contributed by atoms with Gasteiger partial charge < -0.3 is 10.6 Å². The van der Waals surface area contributed by atoms with Gasteiger partial charge in [0, 0.05) is 21.4 Å². The molecule has 0 aliphatic carbocycles. The van der Waals surface area contributed by atoms with Crippen LogP contribution >= 0.6 is 23.4 Å². The first kappa shape index (κ1) is 15.2. The summed E-state index contributed by atoms with van der Waals surface area (Å²) in [7, 11) is 0. The van der Waals surface area contributed by atoms with Crippen LogP contribution in [-0.2, 0) is 0 Å². The van der Waals surface area contributed by atoms with Crippen LogP contribution in [0, 0.1) is 5.82 Å². The molecule has 2 aromatic rings. The molecular weight excluding hydrogens is 323 g/mol. The lowest BCUT2D eigenvalue weighted by atomic mass is 10.0. The zero-order valence-corrected chi connectivity index (χ0v) is 13.2. The SMILES string of the molecule is O=C(Nc1ccc(Cl)cc1)NC1CCSc2ccc(F)cc21. The molecule has 0 fully saturated rings. The largest absolute Gasteiger partial charge is 0.331 e. The van der Waals surface area contributed by atoms with E-state index in [1.165, 1.54) is 12.1 Å². The smallest absolute Gasteiger partial charge is 0.319 e. The first-order valence-electron chi connectivity index (χ1n) is 6.87. The van der Waals surface area contributed by atoms with Crippen molar-refractivity contribution in [2.75, 3.05) is 11.1 Å². The highest BCUT2D eigenvalue weighted by Gasteiger charge is 2.22. The number of amides is 2. The Kier molecular flexibility index (Phi) is 4.55. The van der Waals surface area contributed by atoms with Gasteiger partial charge in [-0.15, -0.1) is 11.8 Å². The zero-order chi connectivity index (χ0) is 15.5. The molecular formula is C16H14ClFN2OS. The Balaban J connectivity index is 1.70. The number of urea groups is 1. The molecule has 2 amide bonds. The van der Waals surface area contributed by atoms with Gasteiger partial charge in [0.15, 0.2) is 0 Å². The van der Waals surface area contributed by atoms with E-state index in [4.69, 9.17) is 11.6 Å². The highest BCUT2D eigenvalue weighted by molar-refractivity contribution is 7.99. The highest BCUT2D eigenvalue weighted by atomic mass is 35.5. The minimum Gasteiger partial charge on any atom is -0.331 e. The molecule has 0 bridgehead atoms. The van der Waals surface area contributed by atoms with Crippen molar-refractivity contribution < 1.29 is 9.18 Å². The van der Waals surface area contributed by atoms with Gasteiger partial charge in [-0.2, -0.15) is 0 Å². The number of carbonyl (C=O) groups is 1. The van der Waals surface area contributed by atoms with Gasteiger partial charge in [0.05, 0.1) is 6.04 Å². The number of nitrogens with one attached hydrogen (secondary N) is 2. The molecule has 1 atom stereocenters. The lowest BCUT2D eigenvalue weighted by Crippen LogP contribution is -2.34. The molecule has 1 heterocycles. The highest BCUT2D eigenvalue weighted by Crippen LogP contribution is 2.36. The third-order valence-electron chi connectivity index (χ3n) is 3.42. The summed E-state index contributed by atoms with van der Waals surface area (Å²) in [4.78, 5) is 13.1. The fourth-order valence-electron chi connectivity index (χ4n) is 2.37. The monoisotopic (exact) mass is 336 g/mol. The predicted molar refractivity (Wildman–Crippen MR) is 88.1 cm³/mol. The molecule has 1 unspecified atom stereocenters. The summed E-state index contributed by atoms with van der Waals surface area (Å²) in [5, 5.41) is 6.27. The first-order valence-corrected chi connectivity index (χ1v) is 8.23. The molecule has 0 saturated heterocycles. The van der Waals surface area contributed by atoms with E-state index in [-0.39, 0.29) is 17.9 Å². The summed E-state index contributed by atoms with van der Waals surface area (Å²) in [6.45, 7) is 0. The van der Waals surface area contributed by atoms with Crippen LogP contribution in [0.3, 0.4) is 0 Å². The maximum absolute atomic E-state index is 13.4. The summed E-state index contributed by atoms with van der Waals surface area (Å²) in [5.74, 6) is 0.607. The molecule has 114 valence electrons. The van der Waals surface area contributed by atoms with Crippen molar-refractivity contribution in [3.05, 3.63) is 58.9 Å². The van der Waals surface area contributed by atoms with E-state index >= 15 is 0 Å². The molecule has 6 heteroatoms. The summed E-state index contributed by atoms with van der Waals surface area (Å²) >= 11 is 7.49. The standard InChI is InChI=1S/C16H14ClFN2OS/c17-10-1-4-12(5-2-10)19-16(21)20-14-7-8-22-15-6-3-11(18)9-13(14)15/h1-6,9,14H,7-8H2,(H2,19,20,21). The van der Waals surface area contributed by atoms with Crippen LogP contribution in [0.25, 0.3) is 0 Å². The molecule has 1 aliphatic heterocycles. The molecule has 2 N–H and O–H groups in total. The minimum atomic E-state index is -0.311. The second-order valence-electron chi connectivity index (χ2n) is 4.98. The summed E-state index contributed by atoms with van der Waals surface area (Å²) in [6.07, 6.45) is 0.773. The molecule has 0 saturated carbocycles. The Bertz CT molecular complexity index is 693. The number of benzene rings is 2. The van der Waals surface area contributed by atoms with E-state index in [1.807, 2.05) is 0 Å². The second-order valence-corrected chi connectivity index (χ2v) is 6.55. The van der Waals surface area contributed by atoms with Gasteiger partial charge >= 0.3 is 6.03 Å². The molecule has 1 aliphatic rings. The number of carbonyl (C=O) groups excluding carboxylic acids is 1. The van der Waals surface area contributed by atoms with Crippen molar-refractivity contribution in [1.29, 1.82) is 0 Å². The van der Waals surface area contributed by atoms with E-state index in [2.05, 4.69) is 10.6 Å². The first-order chi connectivity index (χ1) is 10.6. The van der Waals surface area contributed by atoms with Crippen LogP contribution in [0.2, 0.25) is 5.02 Å². The van der Waals surface area contributed by atoms with Crippen LogP contribution in [0.5, 0.6) is 0 Å². The minimum absolute atomic E-state index is 0.181. The number of fused-ring (bicyclic) bond motifs is 1. The fraction of sp³-hybridized carbons (Fsp3) is 0.188. The maximum Gasteiger partial charge on any atom is 0.319 e. The van der Waals surface area contributed by atoms with Crippen LogP contribution in [0.4, 0.5) is 14.9 Å². The topological polar surface area (TPSA) is 41.1 Å². The molecule has 0 aromatic heterocycles. The van der Waals surface area contributed by atoms with Crippen molar-refractivity contribution >= 4 is 35.1 Å². The molecule has 3 rings (SSSR count). The van der Waals surface area contributed by atoms with E-state index in [0.717, 1.165) is 22.6 Å². The van der Waals surface area contributed by atoms with Gasteiger partial charge in [-0.1, -0.05) is 11.6 Å². The van der Waals surface area contributed by atoms with E-state index < -0.39 is 0 Å². The number of hydrogen-bond acceptors (Lipinski definition) is 2. The molecule has 2 aromatic carbocycles. The van der Waals surface area contributed by atoms with Gasteiger partial charge in [0.1, 0.15) is 5.82 Å². The van der Waals surface area contributed by atoms with Crippen LogP contribution in [0.15, 0.2) is 47.4 Å². The quantitative estimate of drug-likeness (QED) is 0.824. The van der Waals surface area contributed by atoms with E-state index in [0.29, 0.717) is 10.7 Å². The van der Waals surface area contributed by atoms with Gasteiger partial charge in [-0.3, -0.25) is 0 Å². The summed E-state index contributed by atoms with van der Waals surface area (Å²) < 4.78 is 13.4. The number of anilines is 1. The van der Waals surface area contributed by atoms with Gasteiger partial charge in [0.25, 0.3) is 0 Å². The molecule has 0 radical (unpaired) electrons. The van der Waals surface area contributed by atoms with Crippen LogP contribution in [-0.4, -0.2) is 11.8 Å². The molecule has 0 spiro atoms. The van der Waals surface area contributed by atoms with Gasteiger partial charge in [0.2, 0.25) is 0 Å². The lowest BCUT2D eigenvalue weighted by molar-refractivity contribution is 0.248. The summed E-state index contributed by atoms with van der Waals surface area (Å²) in [5.41, 5.74) is 1.49. The maximum atomic E-state index is 13.4. The Labute approximate surface area is 137 Å². The van der Waals surface area contributed by atoms with Gasteiger partial charge in [-0.25, -0.2) is 9.18 Å². The van der Waals surface area contributed by atoms with Crippen LogP contribution in [0.1, 0.15) is 18.0 Å². The average molecular weight is 337 g/mol. The number of halogens is 2. The molecule has 22 heavy (non-hydrogen) atoms. The second kappa shape index (κ2) is 6.58. The normalized spacial score (nSPS) is 16.7. The van der Waals surface area contributed by atoms with Crippen molar-refractivity contribution in [1.82, 2.24) is 5.32 Å². The third kappa shape index (κ3) is 3.54. The zero-order valence-electron chi connectivity index (χ0n) is 11.6.